The van der Waals surface area contributed by atoms with Crippen LogP contribution in [0, 0.1) is 13.8 Å². The van der Waals surface area contributed by atoms with Gasteiger partial charge >= 0.3 is 0 Å². The molecule has 0 radical (unpaired) electrons. The highest BCUT2D eigenvalue weighted by atomic mass is 32.2. The summed E-state index contributed by atoms with van der Waals surface area (Å²) in [7, 11) is 0. The van der Waals surface area contributed by atoms with Crippen molar-refractivity contribution in [1.29, 1.82) is 0 Å². The summed E-state index contributed by atoms with van der Waals surface area (Å²) in [4.78, 5) is 16.6. The van der Waals surface area contributed by atoms with Crippen molar-refractivity contribution < 1.29 is 4.79 Å². The Morgan fingerprint density at radius 3 is 2.87 bits per heavy atom. The topological polar surface area (TPSA) is 103 Å². The number of thioether (sulfide) groups is 1. The van der Waals surface area contributed by atoms with Gasteiger partial charge in [-0.2, -0.15) is 9.78 Å². The molecule has 0 aliphatic heterocycles. The maximum atomic E-state index is 12.5. The van der Waals surface area contributed by atoms with Gasteiger partial charge in [0.15, 0.2) is 0 Å². The lowest BCUT2D eigenvalue weighted by molar-refractivity contribution is -0.113. The fourth-order valence-corrected chi connectivity index (χ4v) is 3.61. The second kappa shape index (κ2) is 8.87. The van der Waals surface area contributed by atoms with Crippen LogP contribution in [0.4, 0.5) is 5.82 Å². The van der Waals surface area contributed by atoms with Crippen molar-refractivity contribution in [3.05, 3.63) is 71.7 Å². The molecule has 10 heteroatoms. The first kappa shape index (κ1) is 19.8. The maximum absolute atomic E-state index is 12.5. The maximum Gasteiger partial charge on any atom is 0.235 e. The van der Waals surface area contributed by atoms with Crippen LogP contribution < -0.4 is 5.32 Å². The minimum absolute atomic E-state index is 0.163. The summed E-state index contributed by atoms with van der Waals surface area (Å²) in [6.45, 7) is 4.59. The van der Waals surface area contributed by atoms with Gasteiger partial charge < -0.3 is 5.32 Å². The summed E-state index contributed by atoms with van der Waals surface area (Å²) >= 11 is 1.28. The molecule has 0 spiro atoms. The number of rotatable bonds is 7. The lowest BCUT2D eigenvalue weighted by Crippen LogP contribution is -2.18. The average molecular weight is 421 g/mol. The van der Waals surface area contributed by atoms with Crippen molar-refractivity contribution in [1.82, 2.24) is 35.0 Å². The standard InChI is InChI=1S/C20H20N8OS/c1-14-5-3-7-17(15(14)2)28-20(24-25-26-28)30-13-19(29)23-18-8-10-22-27(18)12-16-6-4-9-21-11-16/h3-11H,12-13H2,1-2H3,(H,23,29). The summed E-state index contributed by atoms with van der Waals surface area (Å²) < 4.78 is 3.38. The van der Waals surface area contributed by atoms with Gasteiger partial charge in [-0.15, -0.1) is 5.10 Å². The third-order valence-corrected chi connectivity index (χ3v) is 5.54. The summed E-state index contributed by atoms with van der Waals surface area (Å²) in [6, 6.07) is 11.6. The summed E-state index contributed by atoms with van der Waals surface area (Å²) in [5.41, 5.74) is 4.14. The van der Waals surface area contributed by atoms with E-state index in [1.807, 2.05) is 44.2 Å². The SMILES string of the molecule is Cc1cccc(-n2nnnc2SCC(=O)Nc2ccnn2Cc2cccnc2)c1C. The van der Waals surface area contributed by atoms with E-state index in [-0.39, 0.29) is 11.7 Å². The Morgan fingerprint density at radius 1 is 1.13 bits per heavy atom. The molecule has 0 unspecified atom stereocenters. The fraction of sp³-hybridized carbons (Fsp3) is 0.200. The third kappa shape index (κ3) is 4.38. The van der Waals surface area contributed by atoms with E-state index in [1.54, 1.807) is 34.0 Å². The van der Waals surface area contributed by atoms with E-state index in [9.17, 15) is 4.79 Å². The molecule has 4 rings (SSSR count). The minimum Gasteiger partial charge on any atom is -0.310 e. The zero-order valence-corrected chi connectivity index (χ0v) is 17.4. The first-order chi connectivity index (χ1) is 14.6. The van der Waals surface area contributed by atoms with Crippen molar-refractivity contribution >= 4 is 23.5 Å². The molecule has 0 bridgehead atoms. The van der Waals surface area contributed by atoms with Crippen LogP contribution in [0.1, 0.15) is 16.7 Å². The number of aryl methyl sites for hydroxylation is 1. The van der Waals surface area contributed by atoms with E-state index in [0.717, 1.165) is 22.4 Å². The van der Waals surface area contributed by atoms with Gasteiger partial charge in [0, 0.05) is 18.5 Å². The largest absolute Gasteiger partial charge is 0.310 e. The Bertz CT molecular complexity index is 1150. The van der Waals surface area contributed by atoms with Gasteiger partial charge in [-0.05, 0) is 53.1 Å². The molecule has 1 N–H and O–H groups in total. The number of amides is 1. The number of nitrogens with one attached hydrogen (secondary N) is 1. The molecule has 0 aliphatic rings. The molecule has 1 amide bonds. The van der Waals surface area contributed by atoms with E-state index in [4.69, 9.17) is 0 Å². The highest BCUT2D eigenvalue weighted by Crippen LogP contribution is 2.22. The molecule has 3 aromatic heterocycles. The number of anilines is 1. The van der Waals surface area contributed by atoms with Gasteiger partial charge in [-0.3, -0.25) is 9.78 Å². The van der Waals surface area contributed by atoms with Crippen LogP contribution in [-0.4, -0.2) is 46.6 Å². The summed E-state index contributed by atoms with van der Waals surface area (Å²) in [5, 5.41) is 19.7. The molecular weight excluding hydrogens is 400 g/mol. The Hall–Kier alpha value is -3.53. The molecule has 152 valence electrons. The zero-order chi connectivity index (χ0) is 20.9. The highest BCUT2D eigenvalue weighted by molar-refractivity contribution is 7.99. The molecule has 0 saturated carbocycles. The molecule has 0 atom stereocenters. The zero-order valence-electron chi connectivity index (χ0n) is 16.6. The van der Waals surface area contributed by atoms with Gasteiger partial charge in [0.25, 0.3) is 0 Å². The van der Waals surface area contributed by atoms with Gasteiger partial charge in [0.1, 0.15) is 5.82 Å². The molecule has 0 saturated heterocycles. The van der Waals surface area contributed by atoms with Crippen LogP contribution in [0.25, 0.3) is 5.69 Å². The lowest BCUT2D eigenvalue weighted by Gasteiger charge is -2.10. The highest BCUT2D eigenvalue weighted by Gasteiger charge is 2.15. The third-order valence-electron chi connectivity index (χ3n) is 4.62. The number of carbonyl (C=O) groups excluding carboxylic acids is 1. The van der Waals surface area contributed by atoms with Crippen LogP contribution in [0.5, 0.6) is 0 Å². The fourth-order valence-electron chi connectivity index (χ4n) is 2.92. The molecule has 4 aromatic rings. The lowest BCUT2D eigenvalue weighted by atomic mass is 10.1. The summed E-state index contributed by atoms with van der Waals surface area (Å²) in [6.07, 6.45) is 5.15. The predicted molar refractivity (Wildman–Crippen MR) is 114 cm³/mol. The van der Waals surface area contributed by atoms with Crippen molar-refractivity contribution in [3.8, 4) is 5.69 Å². The van der Waals surface area contributed by atoms with Crippen molar-refractivity contribution in [3.63, 3.8) is 0 Å². The normalized spacial score (nSPS) is 10.9. The van der Waals surface area contributed by atoms with Crippen molar-refractivity contribution in [2.45, 2.75) is 25.5 Å². The van der Waals surface area contributed by atoms with Crippen LogP contribution in [-0.2, 0) is 11.3 Å². The van der Waals surface area contributed by atoms with E-state index in [0.29, 0.717) is 17.5 Å². The number of tetrazole rings is 1. The average Bonchev–Trinajstić information content (AvgIpc) is 3.39. The van der Waals surface area contributed by atoms with Gasteiger partial charge in [-0.25, -0.2) is 4.68 Å². The predicted octanol–water partition coefficient (Wildman–Crippen LogP) is 2.65. The number of carbonyl (C=O) groups is 1. The van der Waals surface area contributed by atoms with E-state index in [1.165, 1.54) is 11.8 Å². The number of nitrogens with zero attached hydrogens (tertiary/aromatic N) is 7. The Morgan fingerprint density at radius 2 is 2.03 bits per heavy atom. The molecule has 0 fully saturated rings. The Kier molecular flexibility index (Phi) is 5.84. The second-order valence-electron chi connectivity index (χ2n) is 6.66. The number of pyridine rings is 1. The van der Waals surface area contributed by atoms with Gasteiger partial charge in [0.05, 0.1) is 24.2 Å². The van der Waals surface area contributed by atoms with E-state index in [2.05, 4.69) is 30.9 Å². The van der Waals surface area contributed by atoms with E-state index >= 15 is 0 Å². The molecular formula is C20H20N8OS. The first-order valence-electron chi connectivity index (χ1n) is 9.30. The van der Waals surface area contributed by atoms with E-state index < -0.39 is 0 Å². The van der Waals surface area contributed by atoms with Crippen LogP contribution in [0.3, 0.4) is 0 Å². The van der Waals surface area contributed by atoms with Crippen molar-refractivity contribution in [2.24, 2.45) is 0 Å². The molecule has 9 nitrogen and oxygen atoms in total. The summed E-state index contributed by atoms with van der Waals surface area (Å²) in [5.74, 6) is 0.630. The molecule has 3 heterocycles. The number of aromatic nitrogens is 7. The van der Waals surface area contributed by atoms with Gasteiger partial charge in [0.2, 0.25) is 11.1 Å². The van der Waals surface area contributed by atoms with Gasteiger partial charge in [-0.1, -0.05) is 30.0 Å². The number of hydrogen-bond acceptors (Lipinski definition) is 7. The Labute approximate surface area is 177 Å². The first-order valence-corrected chi connectivity index (χ1v) is 10.3. The quantitative estimate of drug-likeness (QED) is 0.458. The van der Waals surface area contributed by atoms with Crippen molar-refractivity contribution in [2.75, 3.05) is 11.1 Å². The van der Waals surface area contributed by atoms with Crippen LogP contribution in [0.2, 0.25) is 0 Å². The second-order valence-corrected chi connectivity index (χ2v) is 7.61. The van der Waals surface area contributed by atoms with Crippen LogP contribution in [0.15, 0.2) is 60.1 Å². The molecule has 30 heavy (non-hydrogen) atoms. The molecule has 1 aromatic carbocycles. The number of hydrogen-bond donors (Lipinski definition) is 1. The smallest absolute Gasteiger partial charge is 0.235 e. The van der Waals surface area contributed by atoms with Crippen LogP contribution >= 0.6 is 11.8 Å². The number of benzene rings is 1. The monoisotopic (exact) mass is 420 g/mol. The molecule has 0 aliphatic carbocycles. The Balaban J connectivity index is 1.41. The minimum atomic E-state index is -0.163.